The maximum atomic E-state index is 5.41. The van der Waals surface area contributed by atoms with Gasteiger partial charge in [0.15, 0.2) is 0 Å². The smallest absolute Gasteiger partial charge is 0.323 e. The summed E-state index contributed by atoms with van der Waals surface area (Å²) in [4.78, 5) is 14.9. The summed E-state index contributed by atoms with van der Waals surface area (Å²) >= 11 is 0. The Kier molecular flexibility index (Phi) is 4.92. The molecule has 1 aromatic carbocycles. The van der Waals surface area contributed by atoms with Crippen LogP contribution in [0, 0.1) is 6.92 Å². The van der Waals surface area contributed by atoms with Gasteiger partial charge in [-0.2, -0.15) is 15.0 Å². The third-order valence-electron chi connectivity index (χ3n) is 2.90. The number of rotatable bonds is 6. The Morgan fingerprint density at radius 3 is 2.67 bits per heavy atom. The highest BCUT2D eigenvalue weighted by atomic mass is 16.5. The Morgan fingerprint density at radius 2 is 2.00 bits per heavy atom. The summed E-state index contributed by atoms with van der Waals surface area (Å²) in [5, 5.41) is 3.10. The number of hydrogen-bond donors (Lipinski definition) is 1. The molecule has 0 spiro atoms. The largest absolute Gasteiger partial charge is 0.464 e. The molecule has 0 fully saturated rings. The van der Waals surface area contributed by atoms with E-state index in [0.717, 1.165) is 12.2 Å². The topological polar surface area (TPSA) is 63.2 Å². The monoisotopic (exact) mass is 287 g/mol. The van der Waals surface area contributed by atoms with E-state index in [4.69, 9.17) is 4.74 Å². The molecule has 0 aliphatic carbocycles. The lowest BCUT2D eigenvalue weighted by Crippen LogP contribution is -2.16. The van der Waals surface area contributed by atoms with E-state index in [2.05, 4.69) is 39.3 Å². The molecule has 0 bridgehead atoms. The molecule has 6 nitrogen and oxygen atoms in total. The zero-order valence-corrected chi connectivity index (χ0v) is 12.9. The van der Waals surface area contributed by atoms with Crippen molar-refractivity contribution in [2.24, 2.45) is 0 Å². The van der Waals surface area contributed by atoms with E-state index in [1.165, 1.54) is 5.56 Å². The van der Waals surface area contributed by atoms with Crippen molar-refractivity contribution in [3.05, 3.63) is 29.8 Å². The van der Waals surface area contributed by atoms with Crippen molar-refractivity contribution in [2.75, 3.05) is 30.4 Å². The zero-order chi connectivity index (χ0) is 15.2. The second-order valence-corrected chi connectivity index (χ2v) is 4.60. The van der Waals surface area contributed by atoms with Crippen LogP contribution in [0.25, 0.3) is 0 Å². The first-order valence-corrected chi connectivity index (χ1v) is 7.07. The molecule has 2 aromatic rings. The lowest BCUT2D eigenvalue weighted by atomic mass is 10.2. The van der Waals surface area contributed by atoms with Crippen LogP contribution in [-0.4, -0.2) is 35.2 Å². The third kappa shape index (κ3) is 3.81. The van der Waals surface area contributed by atoms with Crippen molar-refractivity contribution in [3.63, 3.8) is 0 Å². The van der Waals surface area contributed by atoms with Gasteiger partial charge in [0.05, 0.1) is 6.61 Å². The summed E-state index contributed by atoms with van der Waals surface area (Å²) in [6.07, 6.45) is 0. The Labute approximate surface area is 125 Å². The molecule has 0 atom stereocenters. The van der Waals surface area contributed by atoms with Gasteiger partial charge in [0.1, 0.15) is 0 Å². The highest BCUT2D eigenvalue weighted by Crippen LogP contribution is 2.23. The van der Waals surface area contributed by atoms with E-state index in [1.54, 1.807) is 0 Å². The summed E-state index contributed by atoms with van der Waals surface area (Å²) in [7, 11) is 1.93. The van der Waals surface area contributed by atoms with Crippen LogP contribution in [0.1, 0.15) is 19.4 Å². The van der Waals surface area contributed by atoms with Crippen molar-refractivity contribution in [1.29, 1.82) is 0 Å². The fraction of sp³-hybridized carbons (Fsp3) is 0.400. The van der Waals surface area contributed by atoms with Crippen molar-refractivity contribution < 1.29 is 4.74 Å². The molecule has 1 aromatic heterocycles. The quantitative estimate of drug-likeness (QED) is 0.881. The minimum absolute atomic E-state index is 0.331. The number of ether oxygens (including phenoxy) is 1. The molecule has 1 heterocycles. The van der Waals surface area contributed by atoms with Gasteiger partial charge >= 0.3 is 6.01 Å². The van der Waals surface area contributed by atoms with Gasteiger partial charge in [-0.05, 0) is 38.5 Å². The Balaban J connectivity index is 2.36. The van der Waals surface area contributed by atoms with Crippen LogP contribution in [0.3, 0.4) is 0 Å². The van der Waals surface area contributed by atoms with Gasteiger partial charge in [0.2, 0.25) is 11.9 Å². The molecule has 0 saturated heterocycles. The summed E-state index contributed by atoms with van der Waals surface area (Å²) in [5.74, 6) is 1.07. The first-order chi connectivity index (χ1) is 10.1. The van der Waals surface area contributed by atoms with Crippen molar-refractivity contribution in [2.45, 2.75) is 20.8 Å². The fourth-order valence-electron chi connectivity index (χ4n) is 1.88. The van der Waals surface area contributed by atoms with Gasteiger partial charge < -0.3 is 15.0 Å². The Hall–Kier alpha value is -2.37. The summed E-state index contributed by atoms with van der Waals surface area (Å²) in [5.41, 5.74) is 2.21. The molecular weight excluding hydrogens is 266 g/mol. The molecule has 6 heteroatoms. The standard InChI is InChI=1S/C15H21N5O/c1-5-16-13-17-14(19-15(18-13)21-6-2)20(4)12-9-7-8-11(3)10-12/h7-10H,5-6H2,1-4H3,(H,16,17,18,19). The molecule has 21 heavy (non-hydrogen) atoms. The highest BCUT2D eigenvalue weighted by molar-refractivity contribution is 5.58. The molecule has 0 saturated carbocycles. The highest BCUT2D eigenvalue weighted by Gasteiger charge is 2.12. The Morgan fingerprint density at radius 1 is 1.19 bits per heavy atom. The predicted octanol–water partition coefficient (Wildman–Crippen LogP) is 2.78. The second kappa shape index (κ2) is 6.88. The van der Waals surface area contributed by atoms with Gasteiger partial charge in [-0.3, -0.25) is 0 Å². The van der Waals surface area contributed by atoms with Crippen LogP contribution in [0.5, 0.6) is 6.01 Å². The molecule has 112 valence electrons. The minimum atomic E-state index is 0.331. The van der Waals surface area contributed by atoms with Crippen LogP contribution < -0.4 is 15.0 Å². The molecule has 0 aliphatic heterocycles. The molecule has 2 rings (SSSR count). The Bertz CT molecular complexity index is 578. The molecule has 0 unspecified atom stereocenters. The third-order valence-corrected chi connectivity index (χ3v) is 2.90. The number of nitrogens with one attached hydrogen (secondary N) is 1. The molecule has 0 radical (unpaired) electrons. The van der Waals surface area contributed by atoms with Gasteiger partial charge in [0.25, 0.3) is 0 Å². The van der Waals surface area contributed by atoms with E-state index >= 15 is 0 Å². The van der Waals surface area contributed by atoms with Crippen molar-refractivity contribution >= 4 is 17.6 Å². The fourth-order valence-corrected chi connectivity index (χ4v) is 1.88. The van der Waals surface area contributed by atoms with E-state index in [1.807, 2.05) is 37.9 Å². The number of aromatic nitrogens is 3. The van der Waals surface area contributed by atoms with Gasteiger partial charge in [-0.15, -0.1) is 0 Å². The second-order valence-electron chi connectivity index (χ2n) is 4.60. The normalized spacial score (nSPS) is 10.3. The van der Waals surface area contributed by atoms with E-state index < -0.39 is 0 Å². The zero-order valence-electron chi connectivity index (χ0n) is 12.9. The predicted molar refractivity (Wildman–Crippen MR) is 84.4 cm³/mol. The van der Waals surface area contributed by atoms with Crippen LogP contribution in [0.15, 0.2) is 24.3 Å². The number of aryl methyl sites for hydroxylation is 1. The average Bonchev–Trinajstić information content (AvgIpc) is 2.47. The number of benzene rings is 1. The summed E-state index contributed by atoms with van der Waals surface area (Å²) in [6, 6.07) is 8.50. The van der Waals surface area contributed by atoms with Crippen LogP contribution in [0.4, 0.5) is 17.6 Å². The summed E-state index contributed by atoms with van der Waals surface area (Å²) < 4.78 is 5.41. The SMILES string of the molecule is CCNc1nc(OCC)nc(N(C)c2cccc(C)c2)n1. The average molecular weight is 287 g/mol. The first-order valence-electron chi connectivity index (χ1n) is 7.07. The molecular formula is C15H21N5O. The maximum absolute atomic E-state index is 5.41. The number of anilines is 3. The van der Waals surface area contributed by atoms with Crippen LogP contribution >= 0.6 is 0 Å². The lowest BCUT2D eigenvalue weighted by Gasteiger charge is -2.18. The van der Waals surface area contributed by atoms with Gasteiger partial charge in [-0.25, -0.2) is 0 Å². The van der Waals surface area contributed by atoms with E-state index in [-0.39, 0.29) is 0 Å². The number of nitrogens with zero attached hydrogens (tertiary/aromatic N) is 4. The van der Waals surface area contributed by atoms with Crippen LogP contribution in [0.2, 0.25) is 0 Å². The minimum Gasteiger partial charge on any atom is -0.464 e. The maximum Gasteiger partial charge on any atom is 0.323 e. The lowest BCUT2D eigenvalue weighted by molar-refractivity contribution is 0.312. The first kappa shape index (κ1) is 15.0. The molecule has 0 aliphatic rings. The van der Waals surface area contributed by atoms with E-state index in [9.17, 15) is 0 Å². The summed E-state index contributed by atoms with van der Waals surface area (Å²) in [6.45, 7) is 7.21. The van der Waals surface area contributed by atoms with Crippen molar-refractivity contribution in [3.8, 4) is 6.01 Å². The van der Waals surface area contributed by atoms with E-state index in [0.29, 0.717) is 24.5 Å². The molecule has 0 amide bonds. The number of hydrogen-bond acceptors (Lipinski definition) is 6. The molecule has 1 N–H and O–H groups in total. The van der Waals surface area contributed by atoms with Crippen LogP contribution in [-0.2, 0) is 0 Å². The van der Waals surface area contributed by atoms with Crippen molar-refractivity contribution in [1.82, 2.24) is 15.0 Å². The van der Waals surface area contributed by atoms with Gasteiger partial charge in [0, 0.05) is 19.3 Å². The van der Waals surface area contributed by atoms with Gasteiger partial charge in [-0.1, -0.05) is 12.1 Å².